The van der Waals surface area contributed by atoms with Crippen molar-refractivity contribution in [3.05, 3.63) is 0 Å². The van der Waals surface area contributed by atoms with Gasteiger partial charge < -0.3 is 10.1 Å². The van der Waals surface area contributed by atoms with Crippen LogP contribution < -0.4 is 5.32 Å². The van der Waals surface area contributed by atoms with Gasteiger partial charge in [0.05, 0.1) is 13.2 Å². The molecule has 0 aliphatic rings. The third kappa shape index (κ3) is 6.49. The molecule has 0 rings (SSSR count). The first-order chi connectivity index (χ1) is 7.11. The molecule has 0 aliphatic heterocycles. The Morgan fingerprint density at radius 1 is 1.47 bits per heavy atom. The lowest BCUT2D eigenvalue weighted by Crippen LogP contribution is -2.40. The Morgan fingerprint density at radius 2 is 2.13 bits per heavy atom. The van der Waals surface area contributed by atoms with E-state index in [0.29, 0.717) is 19.3 Å². The fraction of sp³-hybridized carbons (Fsp3) is 0.700. The van der Waals surface area contributed by atoms with Crippen LogP contribution in [0, 0.1) is 11.3 Å². The van der Waals surface area contributed by atoms with Gasteiger partial charge >= 0.3 is 5.97 Å². The lowest BCUT2D eigenvalue weighted by Gasteiger charge is -2.14. The number of esters is 1. The summed E-state index contributed by atoms with van der Waals surface area (Å²) in [7, 11) is 1.28. The summed E-state index contributed by atoms with van der Waals surface area (Å²) in [6.45, 7) is 1.35. The van der Waals surface area contributed by atoms with Crippen LogP contribution in [-0.2, 0) is 14.3 Å². The maximum absolute atomic E-state index is 11.2. The first-order valence-corrected chi connectivity index (χ1v) is 4.83. The van der Waals surface area contributed by atoms with Crippen molar-refractivity contribution in [2.75, 3.05) is 7.11 Å². The van der Waals surface area contributed by atoms with Crippen molar-refractivity contribution in [3.63, 3.8) is 0 Å². The number of hydrogen-bond donors (Lipinski definition) is 1. The second kappa shape index (κ2) is 7.80. The van der Waals surface area contributed by atoms with Crippen molar-refractivity contribution in [3.8, 4) is 6.07 Å². The van der Waals surface area contributed by atoms with E-state index in [-0.39, 0.29) is 5.91 Å². The second-order valence-corrected chi connectivity index (χ2v) is 3.18. The van der Waals surface area contributed by atoms with Gasteiger partial charge in [0.25, 0.3) is 0 Å². The number of ether oxygens (including phenoxy) is 1. The summed E-state index contributed by atoms with van der Waals surface area (Å²) in [4.78, 5) is 22.0. The molecule has 0 saturated carbocycles. The number of amides is 1. The normalized spacial score (nSPS) is 11.3. The average molecular weight is 212 g/mol. The van der Waals surface area contributed by atoms with E-state index in [1.807, 2.05) is 6.07 Å². The molecule has 0 heterocycles. The van der Waals surface area contributed by atoms with Crippen LogP contribution >= 0.6 is 0 Å². The van der Waals surface area contributed by atoms with Gasteiger partial charge in [-0.3, -0.25) is 4.79 Å². The molecule has 0 saturated heterocycles. The van der Waals surface area contributed by atoms with Crippen LogP contribution in [0.25, 0.3) is 0 Å². The summed E-state index contributed by atoms with van der Waals surface area (Å²) in [5.41, 5.74) is 0. The molecule has 0 radical (unpaired) electrons. The molecule has 0 aliphatic carbocycles. The number of hydrogen-bond acceptors (Lipinski definition) is 4. The lowest BCUT2D eigenvalue weighted by molar-refractivity contribution is -0.145. The minimum Gasteiger partial charge on any atom is -0.467 e. The highest BCUT2D eigenvalue weighted by Crippen LogP contribution is 2.04. The molecule has 5 heteroatoms. The minimum absolute atomic E-state index is 0.259. The lowest BCUT2D eigenvalue weighted by atomic mass is 10.1. The second-order valence-electron chi connectivity index (χ2n) is 3.18. The van der Waals surface area contributed by atoms with Gasteiger partial charge in [0, 0.05) is 13.3 Å². The summed E-state index contributed by atoms with van der Waals surface area (Å²) in [5, 5.41) is 10.8. The Hall–Kier alpha value is -1.57. The molecule has 0 fully saturated rings. The topological polar surface area (TPSA) is 79.2 Å². The molecule has 1 N–H and O–H groups in total. The van der Waals surface area contributed by atoms with E-state index < -0.39 is 12.0 Å². The number of rotatable bonds is 6. The van der Waals surface area contributed by atoms with Crippen LogP contribution in [0.3, 0.4) is 0 Å². The van der Waals surface area contributed by atoms with Gasteiger partial charge in [-0.05, 0) is 19.3 Å². The maximum Gasteiger partial charge on any atom is 0.328 e. The number of methoxy groups -OCH3 is 1. The SMILES string of the molecule is COC(=O)[C@H](CCCCC#N)NC(C)=O. The van der Waals surface area contributed by atoms with Crippen molar-refractivity contribution >= 4 is 11.9 Å². The van der Waals surface area contributed by atoms with E-state index in [9.17, 15) is 9.59 Å². The smallest absolute Gasteiger partial charge is 0.328 e. The Balaban J connectivity index is 3.97. The Morgan fingerprint density at radius 3 is 2.60 bits per heavy atom. The molecular formula is C10H16N2O3. The van der Waals surface area contributed by atoms with E-state index >= 15 is 0 Å². The molecule has 15 heavy (non-hydrogen) atoms. The first kappa shape index (κ1) is 13.4. The van der Waals surface area contributed by atoms with Crippen LogP contribution in [0.4, 0.5) is 0 Å². The predicted octanol–water partition coefficient (Wildman–Crippen LogP) is 0.748. The summed E-state index contributed by atoms with van der Waals surface area (Å²) in [6.07, 6.45) is 2.42. The van der Waals surface area contributed by atoms with E-state index in [1.165, 1.54) is 14.0 Å². The molecule has 0 unspecified atom stereocenters. The Labute approximate surface area is 89.4 Å². The van der Waals surface area contributed by atoms with Gasteiger partial charge in [-0.1, -0.05) is 0 Å². The van der Waals surface area contributed by atoms with Crippen LogP contribution in [0.2, 0.25) is 0 Å². The molecule has 0 aromatic heterocycles. The number of nitriles is 1. The van der Waals surface area contributed by atoms with Crippen LogP contribution in [0.1, 0.15) is 32.6 Å². The summed E-state index contributed by atoms with van der Waals surface area (Å²) < 4.78 is 4.55. The van der Waals surface area contributed by atoms with Crippen LogP contribution in [0.5, 0.6) is 0 Å². The number of carbonyl (C=O) groups excluding carboxylic acids is 2. The summed E-state index contributed by atoms with van der Waals surface area (Å²) in [5.74, 6) is -0.701. The highest BCUT2D eigenvalue weighted by molar-refractivity contribution is 5.83. The number of nitrogens with one attached hydrogen (secondary N) is 1. The quantitative estimate of drug-likeness (QED) is 0.520. The van der Waals surface area contributed by atoms with E-state index in [0.717, 1.165) is 6.42 Å². The number of nitrogens with zero attached hydrogens (tertiary/aromatic N) is 1. The van der Waals surface area contributed by atoms with E-state index in [1.54, 1.807) is 0 Å². The third-order valence-electron chi connectivity index (χ3n) is 1.89. The zero-order chi connectivity index (χ0) is 11.7. The summed E-state index contributed by atoms with van der Waals surface area (Å²) in [6, 6.07) is 1.43. The molecule has 84 valence electrons. The first-order valence-electron chi connectivity index (χ1n) is 4.83. The van der Waals surface area contributed by atoms with Gasteiger partial charge in [0.1, 0.15) is 6.04 Å². The number of unbranched alkanes of at least 4 members (excludes halogenated alkanes) is 2. The monoisotopic (exact) mass is 212 g/mol. The number of carbonyl (C=O) groups is 2. The van der Waals surface area contributed by atoms with Gasteiger partial charge in [0.2, 0.25) is 5.91 Å². The highest BCUT2D eigenvalue weighted by Gasteiger charge is 2.18. The molecule has 0 aromatic carbocycles. The van der Waals surface area contributed by atoms with Crippen molar-refractivity contribution < 1.29 is 14.3 Å². The average Bonchev–Trinajstić information content (AvgIpc) is 2.21. The standard InChI is InChI=1S/C10H16N2O3/c1-8(13)12-9(10(14)15-2)6-4-3-5-7-11/h9H,3-6H2,1-2H3,(H,12,13)/t9-/m0/s1. The summed E-state index contributed by atoms with van der Waals surface area (Å²) >= 11 is 0. The van der Waals surface area contributed by atoms with Crippen LogP contribution in [0.15, 0.2) is 0 Å². The molecule has 1 amide bonds. The van der Waals surface area contributed by atoms with E-state index in [2.05, 4.69) is 10.1 Å². The third-order valence-corrected chi connectivity index (χ3v) is 1.89. The Kier molecular flexibility index (Phi) is 6.98. The fourth-order valence-corrected chi connectivity index (χ4v) is 1.19. The van der Waals surface area contributed by atoms with Crippen molar-refractivity contribution in [2.45, 2.75) is 38.6 Å². The molecule has 0 bridgehead atoms. The molecule has 5 nitrogen and oxygen atoms in total. The minimum atomic E-state index is -0.591. The highest BCUT2D eigenvalue weighted by atomic mass is 16.5. The molecule has 0 aromatic rings. The fourth-order valence-electron chi connectivity index (χ4n) is 1.19. The zero-order valence-corrected chi connectivity index (χ0v) is 9.08. The van der Waals surface area contributed by atoms with Crippen molar-refractivity contribution in [1.29, 1.82) is 5.26 Å². The van der Waals surface area contributed by atoms with Crippen LogP contribution in [-0.4, -0.2) is 25.0 Å². The molecular weight excluding hydrogens is 196 g/mol. The predicted molar refractivity (Wildman–Crippen MR) is 53.7 cm³/mol. The molecule has 1 atom stereocenters. The van der Waals surface area contributed by atoms with Crippen molar-refractivity contribution in [2.24, 2.45) is 0 Å². The van der Waals surface area contributed by atoms with Gasteiger partial charge in [-0.15, -0.1) is 0 Å². The van der Waals surface area contributed by atoms with Gasteiger partial charge in [-0.25, -0.2) is 4.79 Å². The van der Waals surface area contributed by atoms with E-state index in [4.69, 9.17) is 5.26 Å². The Bertz CT molecular complexity index is 258. The maximum atomic E-state index is 11.2. The van der Waals surface area contributed by atoms with Gasteiger partial charge in [-0.2, -0.15) is 5.26 Å². The largest absolute Gasteiger partial charge is 0.467 e. The molecule has 0 spiro atoms. The van der Waals surface area contributed by atoms with Crippen molar-refractivity contribution in [1.82, 2.24) is 5.32 Å². The van der Waals surface area contributed by atoms with Gasteiger partial charge in [0.15, 0.2) is 0 Å². The zero-order valence-electron chi connectivity index (χ0n) is 9.08.